The van der Waals surface area contributed by atoms with Crippen LogP contribution in [0.1, 0.15) is 56.4 Å². The SMILES string of the molecule is C1CC2CC(C1)N2.C=C(CCNC=O)Nc1cnc2[nH]cc(C3CC3)c2c1. The van der Waals surface area contributed by atoms with Gasteiger partial charge >= 0.3 is 0 Å². The second-order valence-electron chi connectivity index (χ2n) is 7.92. The van der Waals surface area contributed by atoms with Crippen LogP contribution in [0.4, 0.5) is 5.69 Å². The Kier molecular flexibility index (Phi) is 5.43. The maximum absolute atomic E-state index is 10.2. The molecule has 2 aromatic heterocycles. The Labute approximate surface area is 160 Å². The molecule has 0 aromatic carbocycles. The highest BCUT2D eigenvalue weighted by molar-refractivity contribution is 5.84. The highest BCUT2D eigenvalue weighted by atomic mass is 16.1. The first kappa shape index (κ1) is 18.0. The number of fused-ring (bicyclic) bond motifs is 3. The lowest BCUT2D eigenvalue weighted by Gasteiger charge is -2.42. The molecule has 2 saturated carbocycles. The number of pyridine rings is 1. The number of H-pyrrole nitrogens is 1. The van der Waals surface area contributed by atoms with Gasteiger partial charge in [-0.25, -0.2) is 4.98 Å². The molecule has 4 N–H and O–H groups in total. The zero-order valence-corrected chi connectivity index (χ0v) is 15.8. The molecule has 2 aliphatic heterocycles. The molecule has 6 rings (SSSR count). The van der Waals surface area contributed by atoms with Crippen molar-refractivity contribution in [3.63, 3.8) is 0 Å². The molecule has 0 spiro atoms. The first-order valence-corrected chi connectivity index (χ1v) is 10.1. The number of hydrogen-bond acceptors (Lipinski definition) is 4. The predicted octanol–water partition coefficient (Wildman–Crippen LogP) is 3.40. The van der Waals surface area contributed by atoms with Gasteiger partial charge in [-0.1, -0.05) is 13.0 Å². The number of nitrogens with one attached hydrogen (secondary N) is 4. The lowest BCUT2D eigenvalue weighted by Crippen LogP contribution is -2.55. The van der Waals surface area contributed by atoms with Crippen LogP contribution in [0.15, 0.2) is 30.7 Å². The molecule has 4 aliphatic rings. The molecule has 4 heterocycles. The predicted molar refractivity (Wildman–Crippen MR) is 109 cm³/mol. The Hall–Kier alpha value is -2.34. The maximum Gasteiger partial charge on any atom is 0.207 e. The van der Waals surface area contributed by atoms with Crippen molar-refractivity contribution in [3.05, 3.63) is 36.3 Å². The molecule has 1 amide bonds. The van der Waals surface area contributed by atoms with Gasteiger partial charge in [-0.3, -0.25) is 4.79 Å². The zero-order chi connectivity index (χ0) is 18.6. The van der Waals surface area contributed by atoms with Crippen molar-refractivity contribution in [2.24, 2.45) is 0 Å². The van der Waals surface area contributed by atoms with Gasteiger partial charge in [-0.15, -0.1) is 0 Å². The summed E-state index contributed by atoms with van der Waals surface area (Å²) in [5.41, 5.74) is 4.11. The number of aromatic amines is 1. The summed E-state index contributed by atoms with van der Waals surface area (Å²) < 4.78 is 0. The lowest BCUT2D eigenvalue weighted by molar-refractivity contribution is -0.109. The normalized spacial score (nSPS) is 23.0. The fourth-order valence-electron chi connectivity index (χ4n) is 4.04. The van der Waals surface area contributed by atoms with E-state index in [9.17, 15) is 4.79 Å². The van der Waals surface area contributed by atoms with Crippen LogP contribution in [0.5, 0.6) is 0 Å². The summed E-state index contributed by atoms with van der Waals surface area (Å²) in [6.07, 6.45) is 13.6. The highest BCUT2D eigenvalue weighted by Crippen LogP contribution is 2.43. The van der Waals surface area contributed by atoms with Gasteiger partial charge in [-0.05, 0) is 49.7 Å². The summed E-state index contributed by atoms with van der Waals surface area (Å²) in [6.45, 7) is 4.54. The molecular formula is C21H29N5O. The van der Waals surface area contributed by atoms with Gasteiger partial charge in [0, 0.05) is 42.3 Å². The van der Waals surface area contributed by atoms with Crippen LogP contribution in [0.3, 0.4) is 0 Å². The third-order valence-corrected chi connectivity index (χ3v) is 5.70. The van der Waals surface area contributed by atoms with E-state index in [1.807, 2.05) is 0 Å². The standard InChI is InChI=1S/C15H18N4O.C6H11N/c1-10(4-5-16-9-20)19-12-6-13-14(11-2-3-11)8-18-15(13)17-7-12;1-2-5-4-6(3-1)7-5/h6-9,11,19H,1-5H2,(H,16,20)(H,17,18);5-7H,1-4H2. The van der Waals surface area contributed by atoms with E-state index >= 15 is 0 Å². The number of rotatable bonds is 7. The Balaban J connectivity index is 0.000000213. The van der Waals surface area contributed by atoms with E-state index in [2.05, 4.69) is 44.8 Å². The minimum Gasteiger partial charge on any atom is -0.358 e. The number of amides is 1. The third-order valence-electron chi connectivity index (χ3n) is 5.70. The minimum absolute atomic E-state index is 0.586. The van der Waals surface area contributed by atoms with Crippen molar-refractivity contribution in [2.45, 2.75) is 62.9 Å². The highest BCUT2D eigenvalue weighted by Gasteiger charge is 2.31. The van der Waals surface area contributed by atoms with Crippen LogP contribution in [0, 0.1) is 0 Å². The number of carbonyl (C=O) groups is 1. The molecule has 4 fully saturated rings. The van der Waals surface area contributed by atoms with Crippen molar-refractivity contribution >= 4 is 23.1 Å². The molecule has 0 radical (unpaired) electrons. The first-order chi connectivity index (χ1) is 13.2. The van der Waals surface area contributed by atoms with Gasteiger partial charge < -0.3 is 20.9 Å². The number of hydrogen-bond donors (Lipinski definition) is 4. The zero-order valence-electron chi connectivity index (χ0n) is 15.8. The molecule has 144 valence electrons. The second kappa shape index (κ2) is 8.13. The van der Waals surface area contributed by atoms with Crippen molar-refractivity contribution in [2.75, 3.05) is 11.9 Å². The molecular weight excluding hydrogens is 338 g/mol. The molecule has 6 heteroatoms. The molecule has 2 unspecified atom stereocenters. The summed E-state index contributed by atoms with van der Waals surface area (Å²) in [4.78, 5) is 17.8. The van der Waals surface area contributed by atoms with Gasteiger partial charge in [0.25, 0.3) is 0 Å². The monoisotopic (exact) mass is 367 g/mol. The van der Waals surface area contributed by atoms with E-state index in [1.165, 1.54) is 49.5 Å². The average Bonchev–Trinajstić information content (AvgIpc) is 3.42. The van der Waals surface area contributed by atoms with Crippen molar-refractivity contribution in [1.82, 2.24) is 20.6 Å². The molecule has 2 aliphatic carbocycles. The van der Waals surface area contributed by atoms with Crippen LogP contribution >= 0.6 is 0 Å². The van der Waals surface area contributed by atoms with Gasteiger partial charge in [0.15, 0.2) is 0 Å². The number of anilines is 1. The molecule has 2 atom stereocenters. The molecule has 6 nitrogen and oxygen atoms in total. The summed E-state index contributed by atoms with van der Waals surface area (Å²) in [5, 5.41) is 10.5. The van der Waals surface area contributed by atoms with Gasteiger partial charge in [-0.2, -0.15) is 0 Å². The van der Waals surface area contributed by atoms with E-state index in [4.69, 9.17) is 0 Å². The van der Waals surface area contributed by atoms with Crippen LogP contribution in [-0.2, 0) is 4.79 Å². The van der Waals surface area contributed by atoms with E-state index in [0.29, 0.717) is 25.3 Å². The maximum atomic E-state index is 10.2. The molecule has 2 bridgehead atoms. The lowest BCUT2D eigenvalue weighted by atomic mass is 9.83. The first-order valence-electron chi connectivity index (χ1n) is 10.1. The van der Waals surface area contributed by atoms with E-state index in [-0.39, 0.29) is 0 Å². The summed E-state index contributed by atoms with van der Waals surface area (Å²) in [7, 11) is 0. The van der Waals surface area contributed by atoms with E-state index in [0.717, 1.165) is 29.1 Å². The number of nitrogens with zero attached hydrogens (tertiary/aromatic N) is 1. The van der Waals surface area contributed by atoms with Crippen molar-refractivity contribution < 1.29 is 4.79 Å². The Morgan fingerprint density at radius 1 is 1.30 bits per heavy atom. The topological polar surface area (TPSA) is 81.8 Å². The van der Waals surface area contributed by atoms with E-state index < -0.39 is 0 Å². The van der Waals surface area contributed by atoms with Gasteiger partial charge in [0.1, 0.15) is 5.65 Å². The molecule has 2 aromatic rings. The smallest absolute Gasteiger partial charge is 0.207 e. The quantitative estimate of drug-likeness (QED) is 0.447. The van der Waals surface area contributed by atoms with Crippen LogP contribution in [-0.4, -0.2) is 35.0 Å². The number of carbonyl (C=O) groups excluding carboxylic acids is 1. The van der Waals surface area contributed by atoms with Crippen molar-refractivity contribution in [3.8, 4) is 0 Å². The van der Waals surface area contributed by atoms with Gasteiger partial charge in [0.05, 0.1) is 11.9 Å². The average molecular weight is 367 g/mol. The van der Waals surface area contributed by atoms with Crippen molar-refractivity contribution in [1.29, 1.82) is 0 Å². The molecule has 27 heavy (non-hydrogen) atoms. The van der Waals surface area contributed by atoms with E-state index in [1.54, 1.807) is 6.20 Å². The Morgan fingerprint density at radius 2 is 2.07 bits per heavy atom. The largest absolute Gasteiger partial charge is 0.358 e. The van der Waals surface area contributed by atoms with Gasteiger partial charge in [0.2, 0.25) is 6.41 Å². The van der Waals surface area contributed by atoms with Crippen LogP contribution in [0.25, 0.3) is 11.0 Å². The fraction of sp³-hybridized carbons (Fsp3) is 0.524. The van der Waals surface area contributed by atoms with Crippen LogP contribution in [0.2, 0.25) is 0 Å². The minimum atomic E-state index is 0.586. The summed E-state index contributed by atoms with van der Waals surface area (Å²) in [6, 6.07) is 3.97. The fourth-order valence-corrected chi connectivity index (χ4v) is 4.04. The number of aromatic nitrogens is 2. The summed E-state index contributed by atoms with van der Waals surface area (Å²) >= 11 is 0. The Morgan fingerprint density at radius 3 is 2.67 bits per heavy atom. The molecule has 2 saturated heterocycles. The van der Waals surface area contributed by atoms with Crippen LogP contribution < -0.4 is 16.0 Å². The second-order valence-corrected chi connectivity index (χ2v) is 7.92. The third kappa shape index (κ3) is 4.50. The Bertz CT molecular complexity index is 790. The summed E-state index contributed by atoms with van der Waals surface area (Å²) in [5.74, 6) is 0.695. The number of piperidine rings is 1.